The zero-order valence-electron chi connectivity index (χ0n) is 29.8. The maximum absolute atomic E-state index is 14.3. The van der Waals surface area contributed by atoms with E-state index in [1.807, 2.05) is 60.7 Å². The van der Waals surface area contributed by atoms with E-state index < -0.39 is 59.8 Å². The molecule has 3 rings (SSSR count). The average molecular weight is 691 g/mol. The number of aromatic nitrogens is 1. The predicted molar refractivity (Wildman–Crippen MR) is 189 cm³/mol. The maximum Gasteiger partial charge on any atom is 0.407 e. The van der Waals surface area contributed by atoms with Gasteiger partial charge >= 0.3 is 12.2 Å². The number of hydrogen-bond donors (Lipinski definition) is 5. The first kappa shape index (κ1) is 39.4. The van der Waals surface area contributed by atoms with Crippen molar-refractivity contribution in [2.45, 2.75) is 71.4 Å². The summed E-state index contributed by atoms with van der Waals surface area (Å²) in [6.45, 7) is 8.56. The number of amides is 4. The number of rotatable bonds is 14. The van der Waals surface area contributed by atoms with Crippen LogP contribution < -0.4 is 21.7 Å². The Hall–Kier alpha value is -5.01. The molecular weight excluding hydrogens is 640 g/mol. The molecule has 1 heterocycles. The third-order valence-electron chi connectivity index (χ3n) is 8.27. The molecule has 0 saturated heterocycles. The lowest BCUT2D eigenvalue weighted by atomic mass is 9.85. The number of hydrogen-bond acceptors (Lipinski definition) is 9. The standard InChI is InChI=1S/C37H50N6O7/c1-23(2)30(41-35(47)49-6)34(46)43(32(38)26-18-16-25(17-19-26)27-15-11-12-20-39-27)22-29(44)28(21-24-13-9-8-10-14-24)40-33(45)31(37(3,4)5)42-36(48)50-7/h8-20,23,28-32,44H,21-22,38H2,1-7H3,(H,40,45)(H,41,47)(H,42,48)/t28-,29-,30-,31+,32?/m0/s1. The first-order chi connectivity index (χ1) is 23.7. The molecule has 0 spiro atoms. The molecule has 0 aliphatic heterocycles. The van der Waals surface area contributed by atoms with Gasteiger partial charge in [0.1, 0.15) is 18.2 Å². The number of carbonyl (C=O) groups excluding carboxylic acids is 4. The minimum absolute atomic E-state index is 0.187. The lowest BCUT2D eigenvalue weighted by Gasteiger charge is -2.37. The van der Waals surface area contributed by atoms with Gasteiger partial charge in [0, 0.05) is 11.8 Å². The number of methoxy groups -OCH3 is 2. The summed E-state index contributed by atoms with van der Waals surface area (Å²) >= 11 is 0. The van der Waals surface area contributed by atoms with Crippen molar-refractivity contribution in [1.82, 2.24) is 25.8 Å². The molecule has 5 atom stereocenters. The van der Waals surface area contributed by atoms with Gasteiger partial charge in [-0.2, -0.15) is 0 Å². The molecule has 0 radical (unpaired) electrons. The lowest BCUT2D eigenvalue weighted by molar-refractivity contribution is -0.139. The number of benzene rings is 2. The first-order valence-electron chi connectivity index (χ1n) is 16.4. The molecule has 4 amide bonds. The monoisotopic (exact) mass is 690 g/mol. The molecule has 0 aliphatic carbocycles. The second-order valence-electron chi connectivity index (χ2n) is 13.4. The molecule has 50 heavy (non-hydrogen) atoms. The fourth-order valence-corrected chi connectivity index (χ4v) is 5.38. The van der Waals surface area contributed by atoms with Crippen molar-refractivity contribution in [3.8, 4) is 11.3 Å². The Balaban J connectivity index is 2.02. The molecule has 13 heteroatoms. The Kier molecular flexibility index (Phi) is 14.3. The van der Waals surface area contributed by atoms with Crippen LogP contribution in [0, 0.1) is 11.3 Å². The van der Waals surface area contributed by atoms with Crippen LogP contribution >= 0.6 is 0 Å². The summed E-state index contributed by atoms with van der Waals surface area (Å²) in [5.74, 6) is -1.49. The van der Waals surface area contributed by atoms with Crippen molar-refractivity contribution in [1.29, 1.82) is 0 Å². The van der Waals surface area contributed by atoms with Gasteiger partial charge < -0.3 is 41.2 Å². The Morgan fingerprint density at radius 2 is 1.46 bits per heavy atom. The van der Waals surface area contributed by atoms with Crippen LogP contribution in [0.2, 0.25) is 0 Å². The number of nitrogens with two attached hydrogens (primary N) is 1. The molecule has 2 aromatic carbocycles. The summed E-state index contributed by atoms with van der Waals surface area (Å²) < 4.78 is 9.53. The molecular formula is C37H50N6O7. The van der Waals surface area contributed by atoms with Crippen molar-refractivity contribution in [3.05, 3.63) is 90.1 Å². The molecule has 6 N–H and O–H groups in total. The quantitative estimate of drug-likeness (QED) is 0.157. The highest BCUT2D eigenvalue weighted by molar-refractivity contribution is 5.87. The van der Waals surface area contributed by atoms with E-state index in [9.17, 15) is 24.3 Å². The Bertz CT molecular complexity index is 1550. The van der Waals surface area contributed by atoms with Crippen LogP contribution in [-0.4, -0.2) is 84.0 Å². The van der Waals surface area contributed by atoms with Crippen LogP contribution in [-0.2, 0) is 25.5 Å². The molecule has 1 unspecified atom stereocenters. The third kappa shape index (κ3) is 11.0. The zero-order valence-corrected chi connectivity index (χ0v) is 29.8. The van der Waals surface area contributed by atoms with E-state index in [0.717, 1.165) is 16.8 Å². The van der Waals surface area contributed by atoms with Crippen molar-refractivity contribution >= 4 is 24.0 Å². The van der Waals surface area contributed by atoms with Crippen LogP contribution in [0.25, 0.3) is 11.3 Å². The molecule has 270 valence electrons. The summed E-state index contributed by atoms with van der Waals surface area (Å²) in [6.07, 6.45) is -2.12. The van der Waals surface area contributed by atoms with Gasteiger partial charge in [-0.1, -0.05) is 95.3 Å². The number of pyridine rings is 1. The Morgan fingerprint density at radius 3 is 2.00 bits per heavy atom. The Labute approximate surface area is 293 Å². The van der Waals surface area contributed by atoms with Gasteiger partial charge in [-0.15, -0.1) is 0 Å². The number of carbonyl (C=O) groups is 4. The molecule has 0 fully saturated rings. The summed E-state index contributed by atoms with van der Waals surface area (Å²) in [5, 5.41) is 20.0. The molecule has 0 aliphatic rings. The number of alkyl carbamates (subject to hydrolysis) is 2. The van der Waals surface area contributed by atoms with Gasteiger partial charge in [0.2, 0.25) is 11.8 Å². The van der Waals surface area contributed by atoms with E-state index >= 15 is 0 Å². The lowest BCUT2D eigenvalue weighted by Crippen LogP contribution is -2.60. The van der Waals surface area contributed by atoms with E-state index in [4.69, 9.17) is 15.2 Å². The van der Waals surface area contributed by atoms with Crippen LogP contribution in [0.3, 0.4) is 0 Å². The predicted octanol–water partition coefficient (Wildman–Crippen LogP) is 3.77. The fraction of sp³-hybridized carbons (Fsp3) is 0.432. The van der Waals surface area contributed by atoms with Crippen LogP contribution in [0.15, 0.2) is 79.0 Å². The molecule has 0 bridgehead atoms. The number of ether oxygens (including phenoxy) is 2. The fourth-order valence-electron chi connectivity index (χ4n) is 5.38. The van der Waals surface area contributed by atoms with Crippen molar-refractivity contribution in [3.63, 3.8) is 0 Å². The van der Waals surface area contributed by atoms with Crippen molar-refractivity contribution in [2.75, 3.05) is 20.8 Å². The van der Waals surface area contributed by atoms with E-state index in [2.05, 4.69) is 20.9 Å². The van der Waals surface area contributed by atoms with E-state index in [1.165, 1.54) is 19.1 Å². The second-order valence-corrected chi connectivity index (χ2v) is 13.4. The van der Waals surface area contributed by atoms with Crippen LogP contribution in [0.4, 0.5) is 9.59 Å². The SMILES string of the molecule is COC(=O)N[C@H](C(=O)N(C[C@H](O)[C@H](Cc1ccccc1)NC(=O)[C@@H](NC(=O)OC)C(C)(C)C)C(N)c1ccc(-c2ccccn2)cc1)C(C)C. The zero-order chi connectivity index (χ0) is 37.0. The summed E-state index contributed by atoms with van der Waals surface area (Å²) in [7, 11) is 2.40. The molecule has 3 aromatic rings. The maximum atomic E-state index is 14.3. The van der Waals surface area contributed by atoms with E-state index in [0.29, 0.717) is 5.56 Å². The van der Waals surface area contributed by atoms with Crippen LogP contribution in [0.1, 0.15) is 51.9 Å². The second kappa shape index (κ2) is 18.1. The highest BCUT2D eigenvalue weighted by atomic mass is 16.5. The first-order valence-corrected chi connectivity index (χ1v) is 16.4. The van der Waals surface area contributed by atoms with Gasteiger partial charge in [-0.25, -0.2) is 9.59 Å². The van der Waals surface area contributed by atoms with Crippen LogP contribution in [0.5, 0.6) is 0 Å². The minimum atomic E-state index is -1.35. The highest BCUT2D eigenvalue weighted by Crippen LogP contribution is 2.25. The largest absolute Gasteiger partial charge is 0.453 e. The summed E-state index contributed by atoms with van der Waals surface area (Å²) in [6, 6.07) is 19.0. The summed E-state index contributed by atoms with van der Waals surface area (Å²) in [4.78, 5) is 58.2. The van der Waals surface area contributed by atoms with Gasteiger partial charge in [-0.05, 0) is 41.0 Å². The van der Waals surface area contributed by atoms with Crippen molar-refractivity contribution in [2.24, 2.45) is 17.1 Å². The average Bonchev–Trinajstić information content (AvgIpc) is 3.10. The number of aliphatic hydroxyl groups excluding tert-OH is 1. The Morgan fingerprint density at radius 1 is 0.860 bits per heavy atom. The molecule has 0 saturated carbocycles. The number of aliphatic hydroxyl groups is 1. The topological polar surface area (TPSA) is 185 Å². The van der Waals surface area contributed by atoms with Crippen molar-refractivity contribution < 1.29 is 33.8 Å². The van der Waals surface area contributed by atoms with Gasteiger partial charge in [0.15, 0.2) is 0 Å². The van der Waals surface area contributed by atoms with E-state index in [-0.39, 0.29) is 18.9 Å². The number of nitrogens with zero attached hydrogens (tertiary/aromatic N) is 2. The smallest absolute Gasteiger partial charge is 0.407 e. The molecule has 13 nitrogen and oxygen atoms in total. The normalized spacial score (nSPS) is 14.4. The minimum Gasteiger partial charge on any atom is -0.453 e. The number of nitrogens with one attached hydrogen (secondary N) is 3. The highest BCUT2D eigenvalue weighted by Gasteiger charge is 2.38. The molecule has 1 aromatic heterocycles. The van der Waals surface area contributed by atoms with Gasteiger partial charge in [0.25, 0.3) is 0 Å². The van der Waals surface area contributed by atoms with E-state index in [1.54, 1.807) is 52.9 Å². The summed E-state index contributed by atoms with van der Waals surface area (Å²) in [5.41, 5.74) is 9.03. The third-order valence-corrected chi connectivity index (χ3v) is 8.27. The van der Waals surface area contributed by atoms with Gasteiger partial charge in [-0.3, -0.25) is 14.6 Å². The van der Waals surface area contributed by atoms with Gasteiger partial charge in [0.05, 0.1) is 38.6 Å².